The van der Waals surface area contributed by atoms with Gasteiger partial charge in [-0.25, -0.2) is 0 Å². The summed E-state index contributed by atoms with van der Waals surface area (Å²) in [4.78, 5) is 17.3. The van der Waals surface area contributed by atoms with Crippen LogP contribution in [0.2, 0.25) is 0 Å². The first-order valence-electron chi connectivity index (χ1n) is 5.30. The van der Waals surface area contributed by atoms with Crippen LogP contribution < -0.4 is 0 Å². The summed E-state index contributed by atoms with van der Waals surface area (Å²) >= 11 is 0. The molecule has 8 heteroatoms. The van der Waals surface area contributed by atoms with Gasteiger partial charge in [-0.1, -0.05) is 6.92 Å². The third-order valence-electron chi connectivity index (χ3n) is 2.30. The Morgan fingerprint density at radius 3 is 2.71 bits per heavy atom. The van der Waals surface area contributed by atoms with E-state index >= 15 is 0 Å². The lowest BCUT2D eigenvalue weighted by molar-refractivity contribution is -0.0190. The predicted molar refractivity (Wildman–Crippen MR) is 61.6 cm³/mol. The maximum absolute atomic E-state index is 10.6. The van der Waals surface area contributed by atoms with Gasteiger partial charge in [0, 0.05) is 18.4 Å². The van der Waals surface area contributed by atoms with Crippen molar-refractivity contribution >= 4 is 15.4 Å². The van der Waals surface area contributed by atoms with E-state index in [-0.39, 0.29) is 0 Å². The van der Waals surface area contributed by atoms with Gasteiger partial charge in [-0.3, -0.25) is 4.57 Å². The lowest BCUT2D eigenvalue weighted by Gasteiger charge is -2.18. The van der Waals surface area contributed by atoms with Crippen molar-refractivity contribution in [2.24, 2.45) is 0 Å². The summed E-state index contributed by atoms with van der Waals surface area (Å²) in [6.07, 6.45) is -0.681. The van der Waals surface area contributed by atoms with Crippen molar-refractivity contribution in [2.45, 2.75) is 37.7 Å². The highest BCUT2D eigenvalue weighted by molar-refractivity contribution is 7.55. The molecule has 3 N–H and O–H groups in total. The Hall–Kier alpha value is -0.165. The average molecular weight is 262 g/mol. The molecule has 2 radical (unpaired) electrons. The van der Waals surface area contributed by atoms with E-state index in [4.69, 9.17) is 27.1 Å². The van der Waals surface area contributed by atoms with Crippen LogP contribution in [0.5, 0.6) is 0 Å². The Morgan fingerprint density at radius 2 is 2.18 bits per heavy atom. The molecule has 6 nitrogen and oxygen atoms in total. The van der Waals surface area contributed by atoms with E-state index in [1.807, 2.05) is 6.92 Å². The molecule has 0 aromatic carbocycles. The zero-order chi connectivity index (χ0) is 13.1. The van der Waals surface area contributed by atoms with Gasteiger partial charge < -0.3 is 24.4 Å². The molecule has 0 aromatic rings. The van der Waals surface area contributed by atoms with E-state index in [9.17, 15) is 9.67 Å². The molecule has 0 bridgehead atoms. The van der Waals surface area contributed by atoms with Crippen LogP contribution in [0.3, 0.4) is 0 Å². The molecule has 4 atom stereocenters. The zero-order valence-corrected chi connectivity index (χ0v) is 10.4. The molecule has 0 spiro atoms. The van der Waals surface area contributed by atoms with E-state index in [0.717, 1.165) is 12.5 Å². The van der Waals surface area contributed by atoms with Crippen LogP contribution >= 0.6 is 7.60 Å². The van der Waals surface area contributed by atoms with Gasteiger partial charge in [0.05, 0.1) is 0 Å². The quantitative estimate of drug-likeness (QED) is 0.466. The van der Waals surface area contributed by atoms with Crippen LogP contribution in [0, 0.1) is 0 Å². The maximum atomic E-state index is 10.6. The van der Waals surface area contributed by atoms with Crippen molar-refractivity contribution in [3.05, 3.63) is 11.9 Å². The molecule has 17 heavy (non-hydrogen) atoms. The van der Waals surface area contributed by atoms with Gasteiger partial charge in [-0.15, -0.1) is 0 Å². The first kappa shape index (κ1) is 14.9. The van der Waals surface area contributed by atoms with Crippen molar-refractivity contribution in [1.29, 1.82) is 0 Å². The molecule has 1 heterocycles. The van der Waals surface area contributed by atoms with E-state index in [1.165, 1.54) is 0 Å². The van der Waals surface area contributed by atoms with Gasteiger partial charge in [0.15, 0.2) is 0 Å². The third-order valence-corrected chi connectivity index (χ3v) is 2.86. The standard InChI is InChI=1S/C9H16BO6P/c1-2-4-15-8-7(11)6(16-9(8)10)3-5-17(12,13)14/h3,5-9,11H,2,4H2,1H3,(H2,12,13,14)/b5-3+/t6-,7?,8+,9-/m1/s1. The van der Waals surface area contributed by atoms with Gasteiger partial charge in [0.25, 0.3) is 0 Å². The molecule has 0 aromatic heterocycles. The summed E-state index contributed by atoms with van der Waals surface area (Å²) in [5, 5.41) is 9.81. The summed E-state index contributed by atoms with van der Waals surface area (Å²) in [6, 6.07) is -0.803. The average Bonchev–Trinajstić information content (AvgIpc) is 2.48. The molecule has 96 valence electrons. The van der Waals surface area contributed by atoms with E-state index in [2.05, 4.69) is 0 Å². The van der Waals surface area contributed by atoms with Gasteiger partial charge in [-0.2, -0.15) is 0 Å². The number of aliphatic hydroxyl groups excluding tert-OH is 1. The predicted octanol–water partition coefficient (Wildman–Crippen LogP) is -0.273. The fourth-order valence-corrected chi connectivity index (χ4v) is 1.92. The van der Waals surface area contributed by atoms with E-state index in [1.54, 1.807) is 0 Å². The van der Waals surface area contributed by atoms with Gasteiger partial charge in [0.2, 0.25) is 0 Å². The zero-order valence-electron chi connectivity index (χ0n) is 9.47. The summed E-state index contributed by atoms with van der Waals surface area (Å²) < 4.78 is 21.1. The summed E-state index contributed by atoms with van der Waals surface area (Å²) in [5.41, 5.74) is 0. The molecule has 1 unspecified atom stereocenters. The van der Waals surface area contributed by atoms with E-state index < -0.39 is 31.9 Å². The second-order valence-electron chi connectivity index (χ2n) is 3.82. The van der Waals surface area contributed by atoms with Crippen molar-refractivity contribution < 1.29 is 28.9 Å². The Labute approximate surface area is 101 Å². The highest BCUT2D eigenvalue weighted by Gasteiger charge is 2.40. The number of rotatable bonds is 5. The Balaban J connectivity index is 2.61. The van der Waals surface area contributed by atoms with Gasteiger partial charge in [0.1, 0.15) is 26.2 Å². The highest BCUT2D eigenvalue weighted by Crippen LogP contribution is 2.37. The topological polar surface area (TPSA) is 96.2 Å². The summed E-state index contributed by atoms with van der Waals surface area (Å²) in [6.45, 7) is 2.35. The maximum Gasteiger partial charge on any atom is 0.348 e. The number of hydrogen-bond acceptors (Lipinski definition) is 4. The second kappa shape index (κ2) is 6.13. The molecule has 1 aliphatic heterocycles. The molecular weight excluding hydrogens is 246 g/mol. The Morgan fingerprint density at radius 1 is 1.53 bits per heavy atom. The lowest BCUT2D eigenvalue weighted by Crippen LogP contribution is -2.35. The molecule has 1 fully saturated rings. The molecule has 1 aliphatic rings. The minimum atomic E-state index is -4.26. The van der Waals surface area contributed by atoms with E-state index in [0.29, 0.717) is 12.4 Å². The molecule has 1 saturated heterocycles. The summed E-state index contributed by atoms with van der Waals surface area (Å²) in [5.74, 6) is 0.690. The second-order valence-corrected chi connectivity index (χ2v) is 5.30. The molecule has 0 aliphatic carbocycles. The number of hydrogen-bond donors (Lipinski definition) is 3. The Kier molecular flexibility index (Phi) is 5.37. The number of aliphatic hydroxyl groups is 1. The Bertz CT molecular complexity index is 317. The monoisotopic (exact) mass is 262 g/mol. The fraction of sp³-hybridized carbons (Fsp3) is 0.778. The van der Waals surface area contributed by atoms with Crippen molar-refractivity contribution in [3.8, 4) is 0 Å². The van der Waals surface area contributed by atoms with Gasteiger partial charge >= 0.3 is 7.60 Å². The highest BCUT2D eigenvalue weighted by atomic mass is 31.2. The van der Waals surface area contributed by atoms with Crippen LogP contribution in [0.1, 0.15) is 13.3 Å². The van der Waals surface area contributed by atoms with Crippen LogP contribution in [0.25, 0.3) is 0 Å². The van der Waals surface area contributed by atoms with Crippen molar-refractivity contribution in [2.75, 3.05) is 6.61 Å². The fourth-order valence-electron chi connectivity index (χ4n) is 1.52. The van der Waals surface area contributed by atoms with Crippen LogP contribution in [-0.4, -0.2) is 53.7 Å². The first-order chi connectivity index (χ1) is 7.85. The lowest BCUT2D eigenvalue weighted by atomic mass is 9.93. The largest absolute Gasteiger partial charge is 0.387 e. The van der Waals surface area contributed by atoms with Gasteiger partial charge in [-0.05, 0) is 12.5 Å². The van der Waals surface area contributed by atoms with Crippen LogP contribution in [0.4, 0.5) is 0 Å². The third kappa shape index (κ3) is 4.54. The number of ether oxygens (including phenoxy) is 2. The molecule has 0 amide bonds. The SMILES string of the molecule is [B][C@@H]1O[C@H](/C=C/P(=O)(O)O)C(O)[C@@H]1OCCC. The summed E-state index contributed by atoms with van der Waals surface area (Å²) in [7, 11) is 1.35. The smallest absolute Gasteiger partial charge is 0.348 e. The minimum absolute atomic E-state index is 0.438. The molecular formula is C9H16BO6P. The minimum Gasteiger partial charge on any atom is -0.387 e. The van der Waals surface area contributed by atoms with Crippen LogP contribution in [-0.2, 0) is 14.0 Å². The normalized spacial score (nSPS) is 34.6. The first-order valence-corrected chi connectivity index (χ1v) is 6.98. The van der Waals surface area contributed by atoms with Crippen molar-refractivity contribution in [3.63, 3.8) is 0 Å². The van der Waals surface area contributed by atoms with Crippen molar-refractivity contribution in [1.82, 2.24) is 0 Å². The molecule has 1 rings (SSSR count). The molecule has 0 saturated carbocycles. The van der Waals surface area contributed by atoms with Crippen LogP contribution in [0.15, 0.2) is 11.9 Å².